The van der Waals surface area contributed by atoms with Gasteiger partial charge >= 0.3 is 0 Å². The zero-order chi connectivity index (χ0) is 13.0. The van der Waals surface area contributed by atoms with E-state index in [2.05, 4.69) is 10.2 Å². The monoisotopic (exact) mass is 272 g/mol. The number of aliphatic hydroxyl groups is 1. The van der Waals surface area contributed by atoms with Crippen LogP contribution in [0.5, 0.6) is 0 Å². The quantitative estimate of drug-likeness (QED) is 0.878. The molecule has 1 aromatic rings. The summed E-state index contributed by atoms with van der Waals surface area (Å²) < 4.78 is 13.5. The average molecular weight is 273 g/mol. The second kappa shape index (κ2) is 6.48. The van der Waals surface area contributed by atoms with Crippen molar-refractivity contribution in [3.63, 3.8) is 0 Å². The minimum absolute atomic E-state index is 0.0136. The summed E-state index contributed by atoms with van der Waals surface area (Å²) in [4.78, 5) is 2.24. The van der Waals surface area contributed by atoms with Crippen LogP contribution in [-0.4, -0.2) is 42.8 Å². The minimum Gasteiger partial charge on any atom is -0.396 e. The molecule has 0 aromatic heterocycles. The van der Waals surface area contributed by atoms with Crippen molar-refractivity contribution in [3.05, 3.63) is 34.6 Å². The van der Waals surface area contributed by atoms with Crippen molar-refractivity contribution >= 4 is 11.6 Å². The zero-order valence-corrected chi connectivity index (χ0v) is 11.0. The van der Waals surface area contributed by atoms with Crippen molar-refractivity contribution in [2.45, 2.75) is 12.5 Å². The summed E-state index contributed by atoms with van der Waals surface area (Å²) in [5.74, 6) is -0.396. The number of hydrogen-bond acceptors (Lipinski definition) is 3. The highest BCUT2D eigenvalue weighted by Crippen LogP contribution is 2.31. The molecule has 0 aliphatic carbocycles. The lowest BCUT2D eigenvalue weighted by atomic mass is 10.0. The van der Waals surface area contributed by atoms with Gasteiger partial charge in [0.05, 0.1) is 5.02 Å². The maximum atomic E-state index is 13.5. The van der Waals surface area contributed by atoms with Crippen LogP contribution in [0.15, 0.2) is 18.2 Å². The van der Waals surface area contributed by atoms with Gasteiger partial charge in [-0.25, -0.2) is 4.39 Å². The first-order chi connectivity index (χ1) is 8.74. The highest BCUT2D eigenvalue weighted by molar-refractivity contribution is 6.31. The van der Waals surface area contributed by atoms with Crippen LogP contribution in [0.4, 0.5) is 4.39 Å². The van der Waals surface area contributed by atoms with Gasteiger partial charge in [0.15, 0.2) is 0 Å². The van der Waals surface area contributed by atoms with Crippen molar-refractivity contribution in [1.29, 1.82) is 0 Å². The molecule has 0 saturated carbocycles. The molecule has 18 heavy (non-hydrogen) atoms. The standard InChI is InChI=1S/C13H18ClFN2O/c14-13-10(2-1-3-11(13)15)12(4-9-18)17-7-5-16-6-8-17/h1-3,12,16,18H,4-9H2/t12-/m1/s1. The van der Waals surface area contributed by atoms with Gasteiger partial charge in [0.2, 0.25) is 0 Å². The van der Waals surface area contributed by atoms with E-state index in [0.29, 0.717) is 6.42 Å². The molecule has 3 nitrogen and oxygen atoms in total. The Morgan fingerprint density at radius 3 is 2.78 bits per heavy atom. The highest BCUT2D eigenvalue weighted by atomic mass is 35.5. The molecule has 0 spiro atoms. The molecule has 1 aliphatic rings. The molecular weight excluding hydrogens is 255 g/mol. The van der Waals surface area contributed by atoms with Crippen LogP contribution in [0, 0.1) is 5.82 Å². The Morgan fingerprint density at radius 1 is 1.39 bits per heavy atom. The van der Waals surface area contributed by atoms with E-state index in [1.807, 2.05) is 6.07 Å². The summed E-state index contributed by atoms with van der Waals surface area (Å²) >= 11 is 6.04. The number of rotatable bonds is 4. The lowest BCUT2D eigenvalue weighted by molar-refractivity contribution is 0.141. The summed E-state index contributed by atoms with van der Waals surface area (Å²) in [7, 11) is 0. The Kier molecular flexibility index (Phi) is 4.95. The van der Waals surface area contributed by atoms with Crippen molar-refractivity contribution in [3.8, 4) is 0 Å². The van der Waals surface area contributed by atoms with E-state index < -0.39 is 5.82 Å². The van der Waals surface area contributed by atoms with Crippen LogP contribution in [0.3, 0.4) is 0 Å². The number of nitrogens with zero attached hydrogens (tertiary/aromatic N) is 1. The minimum atomic E-state index is -0.396. The molecule has 100 valence electrons. The molecule has 0 bridgehead atoms. The topological polar surface area (TPSA) is 35.5 Å². The summed E-state index contributed by atoms with van der Waals surface area (Å²) in [5.41, 5.74) is 0.771. The fourth-order valence-electron chi connectivity index (χ4n) is 2.43. The Balaban J connectivity index is 2.25. The molecule has 1 aliphatic heterocycles. The predicted molar refractivity (Wildman–Crippen MR) is 70.3 cm³/mol. The molecule has 1 fully saturated rings. The van der Waals surface area contributed by atoms with Crippen LogP contribution in [0.25, 0.3) is 0 Å². The van der Waals surface area contributed by atoms with E-state index in [1.165, 1.54) is 6.07 Å². The normalized spacial score (nSPS) is 18.8. The number of benzene rings is 1. The number of halogens is 2. The van der Waals surface area contributed by atoms with Crippen molar-refractivity contribution in [2.24, 2.45) is 0 Å². The first-order valence-corrected chi connectivity index (χ1v) is 6.61. The van der Waals surface area contributed by atoms with E-state index in [9.17, 15) is 9.50 Å². The summed E-state index contributed by atoms with van der Waals surface area (Å²) in [6.45, 7) is 3.67. The molecule has 1 aromatic carbocycles. The maximum absolute atomic E-state index is 13.5. The van der Waals surface area contributed by atoms with Gasteiger partial charge in [-0.1, -0.05) is 23.7 Å². The molecule has 2 N–H and O–H groups in total. The summed E-state index contributed by atoms with van der Waals surface area (Å²) in [6.07, 6.45) is 0.573. The third kappa shape index (κ3) is 3.01. The Labute approximate surface area is 112 Å². The van der Waals surface area contributed by atoms with Gasteiger partial charge < -0.3 is 10.4 Å². The second-order valence-corrected chi connectivity index (χ2v) is 4.84. The van der Waals surface area contributed by atoms with Gasteiger partial charge in [-0.05, 0) is 18.1 Å². The first kappa shape index (κ1) is 13.7. The SMILES string of the molecule is OCC[C@H](c1cccc(F)c1Cl)N1CCNCC1. The number of hydrogen-bond donors (Lipinski definition) is 2. The molecular formula is C13H18ClFN2O. The number of aliphatic hydroxyl groups excluding tert-OH is 1. The Hall–Kier alpha value is -0.680. The largest absolute Gasteiger partial charge is 0.396 e. The molecule has 1 atom stereocenters. The van der Waals surface area contributed by atoms with Gasteiger partial charge in [0.1, 0.15) is 5.82 Å². The van der Waals surface area contributed by atoms with Gasteiger partial charge in [0.25, 0.3) is 0 Å². The summed E-state index contributed by atoms with van der Waals surface area (Å²) in [5, 5.41) is 12.7. The predicted octanol–water partition coefficient (Wildman–Crippen LogP) is 1.81. The molecule has 1 heterocycles. The van der Waals surface area contributed by atoms with Crippen LogP contribution >= 0.6 is 11.6 Å². The van der Waals surface area contributed by atoms with Gasteiger partial charge in [-0.3, -0.25) is 4.90 Å². The van der Waals surface area contributed by atoms with Gasteiger partial charge in [0, 0.05) is 38.8 Å². The van der Waals surface area contributed by atoms with Crippen molar-refractivity contribution in [1.82, 2.24) is 10.2 Å². The molecule has 5 heteroatoms. The fraction of sp³-hybridized carbons (Fsp3) is 0.538. The van der Waals surface area contributed by atoms with Crippen LogP contribution in [-0.2, 0) is 0 Å². The van der Waals surface area contributed by atoms with Crippen molar-refractivity contribution in [2.75, 3.05) is 32.8 Å². The van der Waals surface area contributed by atoms with E-state index in [-0.39, 0.29) is 17.7 Å². The molecule has 0 unspecified atom stereocenters. The second-order valence-electron chi connectivity index (χ2n) is 4.46. The average Bonchev–Trinajstić information content (AvgIpc) is 2.41. The van der Waals surface area contributed by atoms with Gasteiger partial charge in [-0.2, -0.15) is 0 Å². The maximum Gasteiger partial charge on any atom is 0.142 e. The van der Waals surface area contributed by atoms with E-state index in [1.54, 1.807) is 6.07 Å². The number of nitrogens with one attached hydrogen (secondary N) is 1. The van der Waals surface area contributed by atoms with E-state index in [0.717, 1.165) is 31.7 Å². The zero-order valence-electron chi connectivity index (χ0n) is 10.2. The Bertz CT molecular complexity index is 397. The Morgan fingerprint density at radius 2 is 2.11 bits per heavy atom. The summed E-state index contributed by atoms with van der Waals surface area (Å²) in [6, 6.07) is 4.86. The van der Waals surface area contributed by atoms with Crippen LogP contribution in [0.1, 0.15) is 18.0 Å². The molecule has 0 radical (unpaired) electrons. The smallest absolute Gasteiger partial charge is 0.142 e. The van der Waals surface area contributed by atoms with Crippen LogP contribution < -0.4 is 5.32 Å². The van der Waals surface area contributed by atoms with Gasteiger partial charge in [-0.15, -0.1) is 0 Å². The first-order valence-electron chi connectivity index (χ1n) is 6.23. The fourth-order valence-corrected chi connectivity index (χ4v) is 2.68. The third-order valence-corrected chi connectivity index (χ3v) is 3.73. The third-order valence-electron chi connectivity index (χ3n) is 3.34. The lowest BCUT2D eigenvalue weighted by Gasteiger charge is -2.35. The molecule has 2 rings (SSSR count). The highest BCUT2D eigenvalue weighted by Gasteiger charge is 2.24. The van der Waals surface area contributed by atoms with E-state index >= 15 is 0 Å². The lowest BCUT2D eigenvalue weighted by Crippen LogP contribution is -2.45. The molecule has 1 saturated heterocycles. The molecule has 0 amide bonds. The van der Waals surface area contributed by atoms with Crippen LogP contribution in [0.2, 0.25) is 5.02 Å². The number of piperazine rings is 1. The van der Waals surface area contributed by atoms with Crippen molar-refractivity contribution < 1.29 is 9.50 Å². The van der Waals surface area contributed by atoms with E-state index in [4.69, 9.17) is 11.6 Å².